The van der Waals surface area contributed by atoms with Crippen LogP contribution in [-0.2, 0) is 4.74 Å². The zero-order valence-electron chi connectivity index (χ0n) is 14.7. The fourth-order valence-electron chi connectivity index (χ4n) is 2.79. The first-order valence-corrected chi connectivity index (χ1v) is 8.63. The number of morpholine rings is 1. The van der Waals surface area contributed by atoms with Crippen LogP contribution in [0.1, 0.15) is 11.7 Å². The van der Waals surface area contributed by atoms with Crippen LogP contribution in [0, 0.1) is 0 Å². The van der Waals surface area contributed by atoms with Gasteiger partial charge in [0.2, 0.25) is 0 Å². The van der Waals surface area contributed by atoms with Gasteiger partial charge in [-0.15, -0.1) is 0 Å². The number of hydrogen-bond acceptors (Lipinski definition) is 4. The number of carbonyl (C=O) groups is 1. The van der Waals surface area contributed by atoms with Gasteiger partial charge in [-0.2, -0.15) is 0 Å². The van der Waals surface area contributed by atoms with Crippen molar-refractivity contribution in [1.82, 2.24) is 4.90 Å². The van der Waals surface area contributed by atoms with Gasteiger partial charge in [-0.05, 0) is 17.7 Å². The van der Waals surface area contributed by atoms with Crippen LogP contribution in [0.15, 0.2) is 42.5 Å². The molecule has 2 amide bonds. The highest BCUT2D eigenvalue weighted by molar-refractivity contribution is 6.30. The first-order chi connectivity index (χ1) is 12.6. The smallest absolute Gasteiger partial charge is 0.322 e. The molecule has 7 heteroatoms. The Bertz CT molecular complexity index is 744. The summed E-state index contributed by atoms with van der Waals surface area (Å²) in [7, 11) is 3.14. The van der Waals surface area contributed by atoms with Crippen molar-refractivity contribution < 1.29 is 19.0 Å². The lowest BCUT2D eigenvalue weighted by molar-refractivity contribution is -0.0135. The van der Waals surface area contributed by atoms with Crippen molar-refractivity contribution in [2.45, 2.75) is 6.10 Å². The Morgan fingerprint density at radius 1 is 1.15 bits per heavy atom. The van der Waals surface area contributed by atoms with Gasteiger partial charge in [-0.1, -0.05) is 23.7 Å². The molecule has 0 aromatic heterocycles. The van der Waals surface area contributed by atoms with E-state index >= 15 is 0 Å². The number of benzene rings is 2. The monoisotopic (exact) mass is 376 g/mol. The number of methoxy groups -OCH3 is 2. The molecule has 1 unspecified atom stereocenters. The van der Waals surface area contributed by atoms with Gasteiger partial charge in [-0.25, -0.2) is 4.79 Å². The molecule has 0 bridgehead atoms. The minimum Gasteiger partial charge on any atom is -0.497 e. The first kappa shape index (κ1) is 18.4. The van der Waals surface area contributed by atoms with Gasteiger partial charge < -0.3 is 24.4 Å². The van der Waals surface area contributed by atoms with Crippen LogP contribution >= 0.6 is 11.6 Å². The quantitative estimate of drug-likeness (QED) is 0.877. The van der Waals surface area contributed by atoms with E-state index in [-0.39, 0.29) is 12.1 Å². The van der Waals surface area contributed by atoms with Crippen molar-refractivity contribution in [3.05, 3.63) is 53.1 Å². The Kier molecular flexibility index (Phi) is 5.85. The van der Waals surface area contributed by atoms with E-state index in [0.29, 0.717) is 41.9 Å². The van der Waals surface area contributed by atoms with E-state index < -0.39 is 0 Å². The van der Waals surface area contributed by atoms with Gasteiger partial charge >= 0.3 is 6.03 Å². The van der Waals surface area contributed by atoms with E-state index in [1.807, 2.05) is 24.3 Å². The van der Waals surface area contributed by atoms with E-state index in [1.54, 1.807) is 37.3 Å². The number of carbonyl (C=O) groups excluding carboxylic acids is 1. The Labute approximate surface area is 157 Å². The summed E-state index contributed by atoms with van der Waals surface area (Å²) in [6.07, 6.45) is -0.174. The maximum Gasteiger partial charge on any atom is 0.322 e. The highest BCUT2D eigenvalue weighted by Crippen LogP contribution is 2.27. The maximum atomic E-state index is 12.7. The van der Waals surface area contributed by atoms with E-state index in [2.05, 4.69) is 5.32 Å². The van der Waals surface area contributed by atoms with E-state index in [1.165, 1.54) is 0 Å². The van der Waals surface area contributed by atoms with E-state index in [0.717, 1.165) is 5.56 Å². The number of nitrogens with one attached hydrogen (secondary N) is 1. The van der Waals surface area contributed by atoms with Crippen molar-refractivity contribution in [3.8, 4) is 11.5 Å². The summed E-state index contributed by atoms with van der Waals surface area (Å²) in [6.45, 7) is 1.47. The molecule has 1 aliphatic rings. The molecule has 1 aliphatic heterocycles. The third-order valence-corrected chi connectivity index (χ3v) is 4.45. The number of halogens is 1. The van der Waals surface area contributed by atoms with Crippen LogP contribution in [0.5, 0.6) is 11.5 Å². The van der Waals surface area contributed by atoms with E-state index in [4.69, 9.17) is 25.8 Å². The Hall–Kier alpha value is -2.44. The third kappa shape index (κ3) is 4.39. The largest absolute Gasteiger partial charge is 0.497 e. The van der Waals surface area contributed by atoms with Crippen LogP contribution in [-0.4, -0.2) is 44.8 Å². The average Bonchev–Trinajstić information content (AvgIpc) is 2.68. The summed E-state index contributed by atoms with van der Waals surface area (Å²) >= 11 is 5.93. The minimum absolute atomic E-state index is 0.174. The van der Waals surface area contributed by atoms with Crippen LogP contribution in [0.3, 0.4) is 0 Å². The molecule has 1 N–H and O–H groups in total. The molecule has 2 aromatic carbocycles. The molecule has 0 radical (unpaired) electrons. The van der Waals surface area contributed by atoms with Crippen LogP contribution in [0.4, 0.5) is 10.5 Å². The minimum atomic E-state index is -0.192. The number of hydrogen-bond donors (Lipinski definition) is 1. The predicted octanol–water partition coefficient (Wildman–Crippen LogP) is 3.96. The van der Waals surface area contributed by atoms with Crippen molar-refractivity contribution in [2.75, 3.05) is 39.2 Å². The molecule has 0 saturated carbocycles. The lowest BCUT2D eigenvalue weighted by Crippen LogP contribution is -2.44. The van der Waals surface area contributed by atoms with Crippen molar-refractivity contribution in [1.29, 1.82) is 0 Å². The Morgan fingerprint density at radius 3 is 2.42 bits per heavy atom. The Balaban J connectivity index is 1.68. The Morgan fingerprint density at radius 2 is 1.81 bits per heavy atom. The molecule has 138 valence electrons. The SMILES string of the molecule is COc1cc(NC(=O)N2CCOC(c3ccc(Cl)cc3)C2)cc(OC)c1. The topological polar surface area (TPSA) is 60.0 Å². The molecule has 1 heterocycles. The molecular formula is C19H21ClN2O4. The van der Waals surface area contributed by atoms with Crippen LogP contribution < -0.4 is 14.8 Å². The summed E-state index contributed by atoms with van der Waals surface area (Å²) in [5, 5.41) is 3.56. The number of anilines is 1. The first-order valence-electron chi connectivity index (χ1n) is 8.25. The highest BCUT2D eigenvalue weighted by atomic mass is 35.5. The van der Waals surface area contributed by atoms with Crippen LogP contribution in [0.25, 0.3) is 0 Å². The molecule has 1 atom stereocenters. The van der Waals surface area contributed by atoms with Gasteiger partial charge in [0.05, 0.1) is 27.4 Å². The lowest BCUT2D eigenvalue weighted by atomic mass is 10.1. The number of nitrogens with zero attached hydrogens (tertiary/aromatic N) is 1. The van der Waals surface area contributed by atoms with Crippen molar-refractivity contribution in [2.24, 2.45) is 0 Å². The second-order valence-electron chi connectivity index (χ2n) is 5.89. The van der Waals surface area contributed by atoms with Crippen molar-refractivity contribution >= 4 is 23.3 Å². The number of amides is 2. The highest BCUT2D eigenvalue weighted by Gasteiger charge is 2.25. The molecule has 26 heavy (non-hydrogen) atoms. The summed E-state index contributed by atoms with van der Waals surface area (Å²) in [5.41, 5.74) is 1.61. The summed E-state index contributed by atoms with van der Waals surface area (Å²) in [6, 6.07) is 12.5. The summed E-state index contributed by atoms with van der Waals surface area (Å²) in [4.78, 5) is 14.4. The van der Waals surface area contributed by atoms with Gasteiger partial charge in [0.25, 0.3) is 0 Å². The van der Waals surface area contributed by atoms with Gasteiger partial charge in [-0.3, -0.25) is 0 Å². The fourth-order valence-corrected chi connectivity index (χ4v) is 2.92. The van der Waals surface area contributed by atoms with Crippen LogP contribution in [0.2, 0.25) is 5.02 Å². The molecule has 1 saturated heterocycles. The lowest BCUT2D eigenvalue weighted by Gasteiger charge is -2.33. The number of rotatable bonds is 4. The molecule has 2 aromatic rings. The summed E-state index contributed by atoms with van der Waals surface area (Å²) < 4.78 is 16.3. The molecule has 0 aliphatic carbocycles. The van der Waals surface area contributed by atoms with Crippen molar-refractivity contribution in [3.63, 3.8) is 0 Å². The average molecular weight is 377 g/mol. The molecule has 1 fully saturated rings. The molecule has 6 nitrogen and oxygen atoms in total. The van der Waals surface area contributed by atoms with E-state index in [9.17, 15) is 4.79 Å². The predicted molar refractivity (Wildman–Crippen MR) is 100 cm³/mol. The second kappa shape index (κ2) is 8.29. The number of ether oxygens (including phenoxy) is 3. The van der Waals surface area contributed by atoms with Gasteiger partial charge in [0, 0.05) is 35.5 Å². The standard InChI is InChI=1S/C19H21ClN2O4/c1-24-16-9-15(10-17(11-16)25-2)21-19(23)22-7-8-26-18(12-22)13-3-5-14(20)6-4-13/h3-6,9-11,18H,7-8,12H2,1-2H3,(H,21,23). The third-order valence-electron chi connectivity index (χ3n) is 4.20. The fraction of sp³-hybridized carbons (Fsp3) is 0.316. The molecule has 3 rings (SSSR count). The zero-order chi connectivity index (χ0) is 18.5. The summed E-state index contributed by atoms with van der Waals surface area (Å²) in [5.74, 6) is 1.22. The molecule has 0 spiro atoms. The maximum absolute atomic E-state index is 12.7. The van der Waals surface area contributed by atoms with Gasteiger partial charge in [0.1, 0.15) is 17.6 Å². The number of urea groups is 1. The second-order valence-corrected chi connectivity index (χ2v) is 6.32. The van der Waals surface area contributed by atoms with Gasteiger partial charge in [0.15, 0.2) is 0 Å². The normalized spacial score (nSPS) is 16.9. The zero-order valence-corrected chi connectivity index (χ0v) is 15.5. The molecular weight excluding hydrogens is 356 g/mol.